The summed E-state index contributed by atoms with van der Waals surface area (Å²) >= 11 is 1.38. The quantitative estimate of drug-likeness (QED) is 0.835. The number of rotatable bonds is 2. The van der Waals surface area contributed by atoms with Crippen LogP contribution in [0.2, 0.25) is 0 Å². The van der Waals surface area contributed by atoms with Gasteiger partial charge in [-0.15, -0.1) is 0 Å². The summed E-state index contributed by atoms with van der Waals surface area (Å²) in [5.41, 5.74) is 5.77. The Bertz CT molecular complexity index is 418. The summed E-state index contributed by atoms with van der Waals surface area (Å²) in [5, 5.41) is 3.45. The van der Waals surface area contributed by atoms with E-state index >= 15 is 0 Å². The third-order valence-electron chi connectivity index (χ3n) is 3.00. The molecule has 0 aliphatic carbocycles. The first kappa shape index (κ1) is 12.2. The predicted octanol–water partition coefficient (Wildman–Crippen LogP) is 1.32. The van der Waals surface area contributed by atoms with Crippen LogP contribution in [-0.2, 0) is 0 Å². The van der Waals surface area contributed by atoms with Gasteiger partial charge in [0.05, 0.1) is 0 Å². The first-order chi connectivity index (χ1) is 8.11. The molecule has 0 aromatic carbocycles. The van der Waals surface area contributed by atoms with Gasteiger partial charge in [-0.25, -0.2) is 4.98 Å². The van der Waals surface area contributed by atoms with Gasteiger partial charge in [-0.2, -0.15) is 0 Å². The zero-order valence-electron chi connectivity index (χ0n) is 10.2. The van der Waals surface area contributed by atoms with Crippen molar-refractivity contribution in [3.05, 3.63) is 4.88 Å². The summed E-state index contributed by atoms with van der Waals surface area (Å²) in [6, 6.07) is 0. The molecule has 0 radical (unpaired) electrons. The van der Waals surface area contributed by atoms with E-state index in [2.05, 4.69) is 22.1 Å². The molecular weight excluding hydrogens is 236 g/mol. The van der Waals surface area contributed by atoms with E-state index in [0.717, 1.165) is 18.2 Å². The average Bonchev–Trinajstić information content (AvgIpc) is 2.70. The molecule has 0 spiro atoms. The minimum absolute atomic E-state index is 0.156. The number of piperidine rings is 1. The summed E-state index contributed by atoms with van der Waals surface area (Å²) < 4.78 is 0. The molecule has 2 rings (SSSR count). The van der Waals surface area contributed by atoms with Crippen molar-refractivity contribution in [2.24, 2.45) is 5.92 Å². The van der Waals surface area contributed by atoms with Crippen LogP contribution in [0.5, 0.6) is 0 Å². The van der Waals surface area contributed by atoms with Crippen molar-refractivity contribution in [1.82, 2.24) is 10.3 Å². The highest BCUT2D eigenvalue weighted by molar-refractivity contribution is 7.18. The first-order valence-corrected chi connectivity index (χ1v) is 6.66. The third-order valence-corrected chi connectivity index (χ3v) is 4.13. The van der Waals surface area contributed by atoms with Crippen molar-refractivity contribution in [3.63, 3.8) is 0 Å². The van der Waals surface area contributed by atoms with Gasteiger partial charge in [0, 0.05) is 20.1 Å². The minimum atomic E-state index is -0.156. The Morgan fingerprint density at radius 3 is 3.06 bits per heavy atom. The summed E-state index contributed by atoms with van der Waals surface area (Å²) in [5.74, 6) is 0.858. The van der Waals surface area contributed by atoms with Gasteiger partial charge in [0.25, 0.3) is 5.91 Å². The second-order valence-electron chi connectivity index (χ2n) is 4.48. The lowest BCUT2D eigenvalue weighted by atomic mass is 10.0. The fourth-order valence-corrected chi connectivity index (χ4v) is 3.06. The zero-order valence-corrected chi connectivity index (χ0v) is 11.0. The molecule has 1 amide bonds. The molecule has 0 bridgehead atoms. The van der Waals surface area contributed by atoms with E-state index in [9.17, 15) is 4.79 Å². The molecule has 0 saturated carbocycles. The Balaban J connectivity index is 2.19. The molecule has 1 aliphatic heterocycles. The molecule has 1 aliphatic rings. The van der Waals surface area contributed by atoms with Crippen LogP contribution < -0.4 is 16.0 Å². The summed E-state index contributed by atoms with van der Waals surface area (Å²) in [6.07, 6.45) is 2.44. The van der Waals surface area contributed by atoms with Gasteiger partial charge in [-0.05, 0) is 18.8 Å². The van der Waals surface area contributed by atoms with E-state index in [4.69, 9.17) is 5.73 Å². The van der Waals surface area contributed by atoms with E-state index < -0.39 is 0 Å². The molecule has 1 aromatic rings. The van der Waals surface area contributed by atoms with Gasteiger partial charge in [-0.3, -0.25) is 4.79 Å². The molecule has 3 N–H and O–H groups in total. The lowest BCUT2D eigenvalue weighted by Gasteiger charge is -2.30. The van der Waals surface area contributed by atoms with Crippen LogP contribution in [0.3, 0.4) is 0 Å². The number of thiazole rings is 1. The zero-order chi connectivity index (χ0) is 12.4. The SMILES string of the molecule is CNC(=O)c1sc(N2CCC[C@H](C)C2)nc1N. The normalized spacial score (nSPS) is 20.4. The molecule has 6 heteroatoms. The first-order valence-electron chi connectivity index (χ1n) is 5.85. The van der Waals surface area contributed by atoms with Crippen LogP contribution in [0.4, 0.5) is 10.9 Å². The standard InChI is InChI=1S/C11H18N4OS/c1-7-4-3-5-15(6-7)11-14-9(12)8(17-11)10(16)13-2/h7H,3-6,12H2,1-2H3,(H,13,16)/t7-/m0/s1. The van der Waals surface area contributed by atoms with Gasteiger partial charge in [0.2, 0.25) is 0 Å². The molecule has 2 heterocycles. The molecule has 1 atom stereocenters. The number of anilines is 2. The molecule has 1 saturated heterocycles. The van der Waals surface area contributed by atoms with Gasteiger partial charge in [0.15, 0.2) is 5.13 Å². The summed E-state index contributed by atoms with van der Waals surface area (Å²) in [6.45, 7) is 4.24. The highest BCUT2D eigenvalue weighted by atomic mass is 32.1. The molecule has 94 valence electrons. The van der Waals surface area contributed by atoms with Crippen LogP contribution in [0.1, 0.15) is 29.4 Å². The van der Waals surface area contributed by atoms with Crippen LogP contribution in [-0.4, -0.2) is 31.0 Å². The molecular formula is C11H18N4OS. The number of nitrogens with two attached hydrogens (primary N) is 1. The molecule has 0 unspecified atom stereocenters. The Labute approximate surface area is 105 Å². The van der Waals surface area contributed by atoms with E-state index in [0.29, 0.717) is 16.6 Å². The maximum atomic E-state index is 11.6. The highest BCUT2D eigenvalue weighted by Gasteiger charge is 2.22. The Hall–Kier alpha value is -1.30. The van der Waals surface area contributed by atoms with Crippen LogP contribution in [0.15, 0.2) is 0 Å². The average molecular weight is 254 g/mol. The smallest absolute Gasteiger partial charge is 0.265 e. The maximum Gasteiger partial charge on any atom is 0.265 e. The molecule has 1 fully saturated rings. The number of nitrogens with one attached hydrogen (secondary N) is 1. The fourth-order valence-electron chi connectivity index (χ4n) is 2.09. The number of aromatic nitrogens is 1. The third kappa shape index (κ3) is 2.52. The van der Waals surface area contributed by atoms with Crippen LogP contribution in [0.25, 0.3) is 0 Å². The maximum absolute atomic E-state index is 11.6. The summed E-state index contributed by atoms with van der Waals surface area (Å²) in [4.78, 5) is 18.6. The number of carbonyl (C=O) groups is 1. The lowest BCUT2D eigenvalue weighted by molar-refractivity contribution is 0.0968. The van der Waals surface area contributed by atoms with Gasteiger partial charge in [0.1, 0.15) is 10.7 Å². The predicted molar refractivity (Wildman–Crippen MR) is 70.5 cm³/mol. The number of nitrogens with zero attached hydrogens (tertiary/aromatic N) is 2. The number of hydrogen-bond acceptors (Lipinski definition) is 5. The summed E-state index contributed by atoms with van der Waals surface area (Å²) in [7, 11) is 1.60. The van der Waals surface area contributed by atoms with E-state index in [1.165, 1.54) is 24.2 Å². The van der Waals surface area contributed by atoms with E-state index in [1.807, 2.05) is 0 Å². The second kappa shape index (κ2) is 4.91. The van der Waals surface area contributed by atoms with Crippen LogP contribution >= 0.6 is 11.3 Å². The van der Waals surface area contributed by atoms with Crippen molar-refractivity contribution in [2.75, 3.05) is 30.8 Å². The topological polar surface area (TPSA) is 71.2 Å². The lowest BCUT2D eigenvalue weighted by Crippen LogP contribution is -2.34. The number of nitrogen functional groups attached to an aromatic ring is 1. The van der Waals surface area contributed by atoms with Crippen molar-refractivity contribution in [2.45, 2.75) is 19.8 Å². The van der Waals surface area contributed by atoms with E-state index in [1.54, 1.807) is 7.05 Å². The largest absolute Gasteiger partial charge is 0.382 e. The van der Waals surface area contributed by atoms with Crippen LogP contribution in [0, 0.1) is 5.92 Å². The molecule has 1 aromatic heterocycles. The van der Waals surface area contributed by atoms with Gasteiger partial charge >= 0.3 is 0 Å². The Kier molecular flexibility index (Phi) is 3.51. The monoisotopic (exact) mass is 254 g/mol. The number of hydrogen-bond donors (Lipinski definition) is 2. The van der Waals surface area contributed by atoms with Gasteiger partial charge in [-0.1, -0.05) is 18.3 Å². The van der Waals surface area contributed by atoms with Crippen molar-refractivity contribution < 1.29 is 4.79 Å². The van der Waals surface area contributed by atoms with Crippen molar-refractivity contribution >= 4 is 28.2 Å². The van der Waals surface area contributed by atoms with Crippen molar-refractivity contribution in [3.8, 4) is 0 Å². The number of amides is 1. The molecule has 17 heavy (non-hydrogen) atoms. The number of carbonyl (C=O) groups excluding carboxylic acids is 1. The van der Waals surface area contributed by atoms with E-state index in [-0.39, 0.29) is 5.91 Å². The Morgan fingerprint density at radius 2 is 2.41 bits per heavy atom. The minimum Gasteiger partial charge on any atom is -0.382 e. The second-order valence-corrected chi connectivity index (χ2v) is 5.46. The Morgan fingerprint density at radius 1 is 1.65 bits per heavy atom. The van der Waals surface area contributed by atoms with Gasteiger partial charge < -0.3 is 16.0 Å². The highest BCUT2D eigenvalue weighted by Crippen LogP contribution is 2.30. The molecule has 5 nitrogen and oxygen atoms in total. The van der Waals surface area contributed by atoms with Crippen molar-refractivity contribution in [1.29, 1.82) is 0 Å². The fraction of sp³-hybridized carbons (Fsp3) is 0.636.